The summed E-state index contributed by atoms with van der Waals surface area (Å²) in [4.78, 5) is 24.4. The van der Waals surface area contributed by atoms with Gasteiger partial charge in [0.2, 0.25) is 5.91 Å². The van der Waals surface area contributed by atoms with Crippen molar-refractivity contribution in [3.8, 4) is 0 Å². The first-order valence-electron chi connectivity index (χ1n) is 7.48. The predicted molar refractivity (Wildman–Crippen MR) is 92.6 cm³/mol. The molecule has 0 aliphatic carbocycles. The maximum Gasteiger partial charge on any atom is 0.274 e. The van der Waals surface area contributed by atoms with Crippen LogP contribution in [0.25, 0.3) is 6.08 Å². The SMILES string of the molecule is O=C(C=Cc1ccco1)Nc1cccn(Cc2ccccc2)c1=O. The molecule has 1 aromatic carbocycles. The summed E-state index contributed by atoms with van der Waals surface area (Å²) in [6, 6.07) is 16.5. The van der Waals surface area contributed by atoms with Crippen molar-refractivity contribution in [1.29, 1.82) is 0 Å². The lowest BCUT2D eigenvalue weighted by Crippen LogP contribution is -2.25. The van der Waals surface area contributed by atoms with Gasteiger partial charge in [-0.05, 0) is 35.9 Å². The molecule has 3 aromatic rings. The molecule has 0 unspecified atom stereocenters. The molecule has 2 heterocycles. The summed E-state index contributed by atoms with van der Waals surface area (Å²) in [5.74, 6) is 0.181. The summed E-state index contributed by atoms with van der Waals surface area (Å²) in [5, 5.41) is 2.60. The van der Waals surface area contributed by atoms with Crippen LogP contribution in [0.2, 0.25) is 0 Å². The largest absolute Gasteiger partial charge is 0.465 e. The maximum atomic E-state index is 12.4. The van der Waals surface area contributed by atoms with Gasteiger partial charge in [0, 0.05) is 12.3 Å². The maximum absolute atomic E-state index is 12.4. The second-order valence-corrected chi connectivity index (χ2v) is 5.18. The quantitative estimate of drug-likeness (QED) is 0.735. The molecule has 3 rings (SSSR count). The molecular weight excluding hydrogens is 304 g/mol. The molecule has 0 atom stereocenters. The predicted octanol–water partition coefficient (Wildman–Crippen LogP) is 3.14. The zero-order valence-electron chi connectivity index (χ0n) is 12.9. The lowest BCUT2D eigenvalue weighted by Gasteiger charge is -2.08. The fourth-order valence-electron chi connectivity index (χ4n) is 2.25. The van der Waals surface area contributed by atoms with Crippen molar-refractivity contribution in [1.82, 2.24) is 4.57 Å². The monoisotopic (exact) mass is 320 g/mol. The van der Waals surface area contributed by atoms with E-state index in [-0.39, 0.29) is 17.2 Å². The molecule has 0 fully saturated rings. The number of benzene rings is 1. The van der Waals surface area contributed by atoms with Gasteiger partial charge in [-0.1, -0.05) is 30.3 Å². The number of hydrogen-bond acceptors (Lipinski definition) is 3. The Labute approximate surface area is 138 Å². The molecule has 0 spiro atoms. The molecule has 1 N–H and O–H groups in total. The molecule has 24 heavy (non-hydrogen) atoms. The van der Waals surface area contributed by atoms with Gasteiger partial charge in [0.25, 0.3) is 5.56 Å². The van der Waals surface area contributed by atoms with E-state index in [9.17, 15) is 9.59 Å². The standard InChI is InChI=1S/C19H16N2O3/c22-18(11-10-16-8-5-13-24-16)20-17-9-4-12-21(19(17)23)14-15-6-2-1-3-7-15/h1-13H,14H2,(H,20,22). The lowest BCUT2D eigenvalue weighted by atomic mass is 10.2. The minimum Gasteiger partial charge on any atom is -0.465 e. The number of amides is 1. The first kappa shape index (κ1) is 15.6. The summed E-state index contributed by atoms with van der Waals surface area (Å²) in [6.07, 6.45) is 6.09. The van der Waals surface area contributed by atoms with Crippen LogP contribution in [0.5, 0.6) is 0 Å². The van der Waals surface area contributed by atoms with Gasteiger partial charge in [-0.2, -0.15) is 0 Å². The van der Waals surface area contributed by atoms with Gasteiger partial charge in [-0.15, -0.1) is 0 Å². The van der Waals surface area contributed by atoms with E-state index in [1.165, 1.54) is 12.3 Å². The zero-order chi connectivity index (χ0) is 16.8. The number of nitrogens with zero attached hydrogens (tertiary/aromatic N) is 1. The van der Waals surface area contributed by atoms with Crippen LogP contribution < -0.4 is 10.9 Å². The number of hydrogen-bond donors (Lipinski definition) is 1. The minimum atomic E-state index is -0.388. The van der Waals surface area contributed by atoms with Crippen LogP contribution in [0.15, 0.2) is 82.3 Å². The van der Waals surface area contributed by atoms with Crippen LogP contribution in [-0.2, 0) is 11.3 Å². The van der Waals surface area contributed by atoms with E-state index in [1.54, 1.807) is 41.1 Å². The van der Waals surface area contributed by atoms with E-state index in [1.807, 2.05) is 30.3 Å². The van der Waals surface area contributed by atoms with Crippen LogP contribution >= 0.6 is 0 Å². The molecule has 0 saturated carbocycles. The van der Waals surface area contributed by atoms with Gasteiger partial charge < -0.3 is 14.3 Å². The fourth-order valence-corrected chi connectivity index (χ4v) is 2.25. The van der Waals surface area contributed by atoms with E-state index in [0.29, 0.717) is 12.3 Å². The van der Waals surface area contributed by atoms with E-state index in [2.05, 4.69) is 5.32 Å². The highest BCUT2D eigenvalue weighted by Gasteiger charge is 2.06. The lowest BCUT2D eigenvalue weighted by molar-refractivity contribution is -0.111. The second-order valence-electron chi connectivity index (χ2n) is 5.18. The van der Waals surface area contributed by atoms with Crippen LogP contribution in [-0.4, -0.2) is 10.5 Å². The average Bonchev–Trinajstić information content (AvgIpc) is 3.11. The highest BCUT2D eigenvalue weighted by atomic mass is 16.3. The molecule has 0 aliphatic rings. The molecule has 0 aliphatic heterocycles. The summed E-state index contributed by atoms with van der Waals surface area (Å²) in [5.41, 5.74) is 1.00. The van der Waals surface area contributed by atoms with Crippen LogP contribution in [0.1, 0.15) is 11.3 Å². The third-order valence-corrected chi connectivity index (χ3v) is 3.42. The van der Waals surface area contributed by atoms with Crippen molar-refractivity contribution in [3.05, 3.63) is 94.8 Å². The molecule has 5 nitrogen and oxygen atoms in total. The Morgan fingerprint density at radius 3 is 2.67 bits per heavy atom. The fraction of sp³-hybridized carbons (Fsp3) is 0.0526. The van der Waals surface area contributed by atoms with Crippen molar-refractivity contribution in [2.45, 2.75) is 6.54 Å². The normalized spacial score (nSPS) is 10.8. The van der Waals surface area contributed by atoms with Crippen LogP contribution in [0, 0.1) is 0 Å². The molecule has 0 bridgehead atoms. The molecule has 0 saturated heterocycles. The second kappa shape index (κ2) is 7.28. The number of carbonyl (C=O) groups excluding carboxylic acids is 1. The van der Waals surface area contributed by atoms with Gasteiger partial charge in [0.15, 0.2) is 0 Å². The Morgan fingerprint density at radius 1 is 1.08 bits per heavy atom. The third kappa shape index (κ3) is 3.89. The van der Waals surface area contributed by atoms with E-state index in [4.69, 9.17) is 4.42 Å². The third-order valence-electron chi connectivity index (χ3n) is 3.42. The Morgan fingerprint density at radius 2 is 1.92 bits per heavy atom. The highest BCUT2D eigenvalue weighted by molar-refractivity contribution is 6.01. The summed E-state index contributed by atoms with van der Waals surface area (Å²) < 4.78 is 6.67. The molecule has 0 radical (unpaired) electrons. The van der Waals surface area contributed by atoms with E-state index >= 15 is 0 Å². The smallest absolute Gasteiger partial charge is 0.274 e. The topological polar surface area (TPSA) is 64.2 Å². The molecule has 5 heteroatoms. The van der Waals surface area contributed by atoms with Crippen molar-refractivity contribution in [2.24, 2.45) is 0 Å². The first-order chi connectivity index (χ1) is 11.7. The Bertz CT molecular complexity index is 894. The zero-order valence-corrected chi connectivity index (χ0v) is 12.9. The van der Waals surface area contributed by atoms with Crippen molar-refractivity contribution in [2.75, 3.05) is 5.32 Å². The first-order valence-corrected chi connectivity index (χ1v) is 7.48. The molecule has 2 aromatic heterocycles. The Hall–Kier alpha value is -3.34. The Balaban J connectivity index is 1.73. The van der Waals surface area contributed by atoms with Crippen LogP contribution in [0.4, 0.5) is 5.69 Å². The molecule has 1 amide bonds. The minimum absolute atomic E-state index is 0.238. The van der Waals surface area contributed by atoms with Gasteiger partial charge in [-0.3, -0.25) is 9.59 Å². The summed E-state index contributed by atoms with van der Waals surface area (Å²) in [6.45, 7) is 0.450. The summed E-state index contributed by atoms with van der Waals surface area (Å²) in [7, 11) is 0. The van der Waals surface area contributed by atoms with Gasteiger partial charge in [0.1, 0.15) is 11.4 Å². The van der Waals surface area contributed by atoms with Crippen molar-refractivity contribution in [3.63, 3.8) is 0 Å². The Kier molecular flexibility index (Phi) is 4.72. The number of aromatic nitrogens is 1. The molecular formula is C19H16N2O3. The number of nitrogens with one attached hydrogen (secondary N) is 1. The van der Waals surface area contributed by atoms with Gasteiger partial charge >= 0.3 is 0 Å². The highest BCUT2D eigenvalue weighted by Crippen LogP contribution is 2.05. The average molecular weight is 320 g/mol. The number of furan rings is 1. The number of carbonyl (C=O) groups is 1. The number of anilines is 1. The van der Waals surface area contributed by atoms with E-state index < -0.39 is 0 Å². The van der Waals surface area contributed by atoms with Gasteiger partial charge in [0.05, 0.1) is 12.8 Å². The molecule has 120 valence electrons. The number of pyridine rings is 1. The summed E-state index contributed by atoms with van der Waals surface area (Å²) >= 11 is 0. The van der Waals surface area contributed by atoms with Crippen molar-refractivity contribution >= 4 is 17.7 Å². The van der Waals surface area contributed by atoms with Crippen molar-refractivity contribution < 1.29 is 9.21 Å². The van der Waals surface area contributed by atoms with Gasteiger partial charge in [-0.25, -0.2) is 0 Å². The number of rotatable bonds is 5. The van der Waals surface area contributed by atoms with Crippen LogP contribution in [0.3, 0.4) is 0 Å². The van der Waals surface area contributed by atoms with E-state index in [0.717, 1.165) is 5.56 Å².